The molecule has 0 N–H and O–H groups in total. The fourth-order valence-corrected chi connectivity index (χ4v) is 5.04. The van der Waals surface area contributed by atoms with Gasteiger partial charge < -0.3 is 0 Å². The van der Waals surface area contributed by atoms with E-state index in [1.165, 1.54) is 21.9 Å². The first kappa shape index (κ1) is 21.3. The second-order valence-corrected chi connectivity index (χ2v) is 9.21. The molecule has 6 aromatic rings. The van der Waals surface area contributed by atoms with Crippen LogP contribution in [-0.2, 0) is 12.8 Å². The Balaban J connectivity index is 1.44. The van der Waals surface area contributed by atoms with E-state index >= 15 is 0 Å². The highest BCUT2D eigenvalue weighted by atomic mass is 32.2. The van der Waals surface area contributed by atoms with Gasteiger partial charge in [0.25, 0.3) is 5.56 Å². The van der Waals surface area contributed by atoms with Crippen LogP contribution in [-0.4, -0.2) is 33.9 Å². The normalized spacial score (nSPS) is 11.5. The maximum absolute atomic E-state index is 12.7. The molecule has 0 spiro atoms. The van der Waals surface area contributed by atoms with Gasteiger partial charge in [-0.3, -0.25) is 18.3 Å². The van der Waals surface area contributed by atoms with Gasteiger partial charge in [0, 0.05) is 18.3 Å². The fourth-order valence-electron chi connectivity index (χ4n) is 4.18. The maximum atomic E-state index is 12.7. The summed E-state index contributed by atoms with van der Waals surface area (Å²) in [6.07, 6.45) is 0. The second-order valence-electron chi connectivity index (χ2n) is 8.26. The Morgan fingerprint density at radius 1 is 0.829 bits per heavy atom. The van der Waals surface area contributed by atoms with Crippen LogP contribution in [0.25, 0.3) is 33.8 Å². The van der Waals surface area contributed by atoms with Crippen molar-refractivity contribution in [1.82, 2.24) is 33.9 Å². The molecule has 0 unspecified atom stereocenters. The molecular formula is C26H21N7OS. The minimum Gasteiger partial charge on any atom is -0.279 e. The summed E-state index contributed by atoms with van der Waals surface area (Å²) in [5.74, 6) is 2.52. The van der Waals surface area contributed by atoms with Crippen LogP contribution >= 0.6 is 11.8 Å². The molecule has 3 heterocycles. The van der Waals surface area contributed by atoms with Crippen LogP contribution < -0.4 is 5.56 Å². The summed E-state index contributed by atoms with van der Waals surface area (Å²) in [6.45, 7) is 2.07. The van der Waals surface area contributed by atoms with E-state index in [0.717, 1.165) is 33.6 Å². The number of hydrogen-bond acceptors (Lipinski definition) is 6. The molecule has 0 aliphatic heterocycles. The molecule has 0 aliphatic carbocycles. The fraction of sp³-hybridized carbons (Fsp3) is 0.115. The van der Waals surface area contributed by atoms with Gasteiger partial charge in [-0.15, -0.1) is 20.4 Å². The lowest BCUT2D eigenvalue weighted by Gasteiger charge is -2.11. The number of thioether (sulfide) groups is 1. The van der Waals surface area contributed by atoms with Crippen LogP contribution in [0.15, 0.2) is 88.8 Å². The Bertz CT molecular complexity index is 1730. The summed E-state index contributed by atoms with van der Waals surface area (Å²) in [6, 6.07) is 25.9. The Morgan fingerprint density at radius 3 is 2.37 bits per heavy atom. The zero-order valence-corrected chi connectivity index (χ0v) is 20.0. The van der Waals surface area contributed by atoms with Gasteiger partial charge in [-0.05, 0) is 31.2 Å². The first-order valence-corrected chi connectivity index (χ1v) is 12.1. The average molecular weight is 480 g/mol. The Kier molecular flexibility index (Phi) is 5.18. The molecule has 0 radical (unpaired) electrons. The zero-order chi connectivity index (χ0) is 23.9. The number of rotatable bonds is 5. The molecular weight excluding hydrogens is 458 g/mol. The monoisotopic (exact) mass is 479 g/mol. The molecule has 0 saturated carbocycles. The number of aromatic nitrogens is 7. The maximum Gasteiger partial charge on any atom is 0.262 e. The Hall–Kier alpha value is -4.24. The molecule has 0 fully saturated rings. The molecule has 3 aromatic carbocycles. The zero-order valence-electron chi connectivity index (χ0n) is 19.2. The van der Waals surface area contributed by atoms with E-state index in [1.807, 2.05) is 59.0 Å². The predicted octanol–water partition coefficient (Wildman–Crippen LogP) is 4.43. The first-order chi connectivity index (χ1) is 17.1. The van der Waals surface area contributed by atoms with E-state index in [2.05, 4.69) is 56.2 Å². The van der Waals surface area contributed by atoms with Crippen molar-refractivity contribution in [3.63, 3.8) is 0 Å². The highest BCUT2D eigenvalue weighted by Crippen LogP contribution is 2.30. The van der Waals surface area contributed by atoms with Crippen molar-refractivity contribution >= 4 is 28.4 Å². The number of aryl methyl sites for hydroxylation is 2. The summed E-state index contributed by atoms with van der Waals surface area (Å²) in [5.41, 5.74) is 3.86. The van der Waals surface area contributed by atoms with Crippen molar-refractivity contribution < 1.29 is 0 Å². The summed E-state index contributed by atoms with van der Waals surface area (Å²) < 4.78 is 5.54. The SMILES string of the molecule is Cc1ccc(-n2c(SCc3nnc4n(C)c(=O)c5ccccc5n34)nnc2-c2ccccc2)cc1. The van der Waals surface area contributed by atoms with Gasteiger partial charge in [-0.25, -0.2) is 0 Å². The number of nitrogens with zero attached hydrogens (tertiary/aromatic N) is 7. The van der Waals surface area contributed by atoms with Gasteiger partial charge in [-0.1, -0.05) is 71.9 Å². The van der Waals surface area contributed by atoms with Crippen molar-refractivity contribution in [1.29, 1.82) is 0 Å². The lowest BCUT2D eigenvalue weighted by molar-refractivity contribution is 0.857. The molecule has 172 valence electrons. The topological polar surface area (TPSA) is 82.9 Å². The van der Waals surface area contributed by atoms with Crippen LogP contribution in [0.1, 0.15) is 11.4 Å². The summed E-state index contributed by atoms with van der Waals surface area (Å²) in [7, 11) is 1.72. The molecule has 0 atom stereocenters. The molecule has 0 aliphatic rings. The quantitative estimate of drug-likeness (QED) is 0.340. The van der Waals surface area contributed by atoms with E-state index in [9.17, 15) is 4.79 Å². The van der Waals surface area contributed by atoms with Gasteiger partial charge in [0.1, 0.15) is 5.82 Å². The lowest BCUT2D eigenvalue weighted by atomic mass is 10.2. The van der Waals surface area contributed by atoms with Crippen molar-refractivity contribution in [2.45, 2.75) is 17.8 Å². The van der Waals surface area contributed by atoms with Crippen LogP contribution in [0, 0.1) is 6.92 Å². The third kappa shape index (κ3) is 3.60. The number of para-hydroxylation sites is 1. The Labute approximate surface area is 204 Å². The van der Waals surface area contributed by atoms with E-state index in [0.29, 0.717) is 16.9 Å². The Morgan fingerprint density at radius 2 is 1.57 bits per heavy atom. The second kappa shape index (κ2) is 8.52. The molecule has 0 saturated heterocycles. The number of benzene rings is 3. The van der Waals surface area contributed by atoms with Gasteiger partial charge in [0.05, 0.1) is 16.7 Å². The van der Waals surface area contributed by atoms with Gasteiger partial charge in [0.2, 0.25) is 5.78 Å². The third-order valence-corrected chi connectivity index (χ3v) is 6.91. The first-order valence-electron chi connectivity index (χ1n) is 11.1. The van der Waals surface area contributed by atoms with E-state index in [4.69, 9.17) is 0 Å². The van der Waals surface area contributed by atoms with Gasteiger partial charge >= 0.3 is 0 Å². The molecule has 9 heteroatoms. The van der Waals surface area contributed by atoms with E-state index in [1.54, 1.807) is 7.05 Å². The summed E-state index contributed by atoms with van der Waals surface area (Å²) >= 11 is 1.53. The number of fused-ring (bicyclic) bond motifs is 3. The summed E-state index contributed by atoms with van der Waals surface area (Å²) in [5, 5.41) is 19.2. The largest absolute Gasteiger partial charge is 0.279 e. The standard InChI is InChI=1S/C26H21N7OS/c1-17-12-14-19(15-13-17)32-23(18-8-4-3-5-9-18)28-30-26(32)35-16-22-27-29-25-31(2)24(34)20-10-6-7-11-21(20)33(22)25/h3-15H,16H2,1-2H3. The third-order valence-electron chi connectivity index (χ3n) is 5.98. The van der Waals surface area contributed by atoms with E-state index < -0.39 is 0 Å². The summed E-state index contributed by atoms with van der Waals surface area (Å²) in [4.78, 5) is 12.7. The van der Waals surface area contributed by atoms with Crippen molar-refractivity contribution in [3.05, 3.63) is 101 Å². The van der Waals surface area contributed by atoms with E-state index in [-0.39, 0.29) is 5.56 Å². The van der Waals surface area contributed by atoms with Crippen LogP contribution in [0.5, 0.6) is 0 Å². The smallest absolute Gasteiger partial charge is 0.262 e. The average Bonchev–Trinajstić information content (AvgIpc) is 3.52. The van der Waals surface area contributed by atoms with Gasteiger partial charge in [-0.2, -0.15) is 0 Å². The van der Waals surface area contributed by atoms with Gasteiger partial charge in [0.15, 0.2) is 11.0 Å². The molecule has 6 rings (SSSR count). The molecule has 0 bridgehead atoms. The van der Waals surface area contributed by atoms with Crippen LogP contribution in [0.4, 0.5) is 0 Å². The van der Waals surface area contributed by atoms with Crippen LogP contribution in [0.3, 0.4) is 0 Å². The van der Waals surface area contributed by atoms with Crippen molar-refractivity contribution in [2.24, 2.45) is 7.05 Å². The molecule has 3 aromatic heterocycles. The minimum atomic E-state index is -0.0914. The lowest BCUT2D eigenvalue weighted by Crippen LogP contribution is -2.20. The molecule has 35 heavy (non-hydrogen) atoms. The highest BCUT2D eigenvalue weighted by molar-refractivity contribution is 7.98. The van der Waals surface area contributed by atoms with Crippen LogP contribution in [0.2, 0.25) is 0 Å². The molecule has 0 amide bonds. The number of hydrogen-bond donors (Lipinski definition) is 0. The minimum absolute atomic E-state index is 0.0914. The predicted molar refractivity (Wildman–Crippen MR) is 137 cm³/mol. The van der Waals surface area contributed by atoms with Crippen molar-refractivity contribution in [2.75, 3.05) is 0 Å². The highest BCUT2D eigenvalue weighted by Gasteiger charge is 2.19. The van der Waals surface area contributed by atoms with Crippen molar-refractivity contribution in [3.8, 4) is 17.1 Å². The molecule has 8 nitrogen and oxygen atoms in total.